The lowest BCUT2D eigenvalue weighted by Crippen LogP contribution is -2.24. The van der Waals surface area contributed by atoms with E-state index in [-0.39, 0.29) is 11.3 Å². The number of ether oxygens (including phenoxy) is 2. The molecule has 0 saturated heterocycles. The number of phenols is 1. The van der Waals surface area contributed by atoms with Gasteiger partial charge in [-0.3, -0.25) is 0 Å². The van der Waals surface area contributed by atoms with Gasteiger partial charge in [0.2, 0.25) is 0 Å². The molecule has 0 bridgehead atoms. The molecule has 0 radical (unpaired) electrons. The van der Waals surface area contributed by atoms with Crippen molar-refractivity contribution < 1.29 is 24.5 Å². The van der Waals surface area contributed by atoms with Crippen LogP contribution in [0.15, 0.2) is 48.5 Å². The van der Waals surface area contributed by atoms with Gasteiger partial charge in [-0.2, -0.15) is 0 Å². The van der Waals surface area contributed by atoms with E-state index in [0.29, 0.717) is 19.0 Å². The zero-order valence-corrected chi connectivity index (χ0v) is 13.2. The lowest BCUT2D eigenvalue weighted by Gasteiger charge is -2.26. The molecule has 23 heavy (non-hydrogen) atoms. The smallest absolute Gasteiger partial charge is 0.339 e. The molecule has 0 atom stereocenters. The first kappa shape index (κ1) is 16.8. The zero-order valence-electron chi connectivity index (χ0n) is 13.2. The van der Waals surface area contributed by atoms with Gasteiger partial charge in [-0.15, -0.1) is 0 Å². The van der Waals surface area contributed by atoms with Crippen molar-refractivity contribution in [2.24, 2.45) is 0 Å². The standard InChI is InChI=1S/C18H20O5/c1-18(2,13-6-4-3-5-7-13)23-11-10-22-14-8-9-15(17(20)21)16(19)12-14/h3-9,12,19H,10-11H2,1-2H3,(H,20,21). The van der Waals surface area contributed by atoms with Gasteiger partial charge in [-0.1, -0.05) is 30.3 Å². The summed E-state index contributed by atoms with van der Waals surface area (Å²) in [7, 11) is 0. The Bertz CT molecular complexity index is 664. The maximum Gasteiger partial charge on any atom is 0.339 e. The highest BCUT2D eigenvalue weighted by atomic mass is 16.5. The lowest BCUT2D eigenvalue weighted by molar-refractivity contribution is -0.0336. The third kappa shape index (κ3) is 4.47. The van der Waals surface area contributed by atoms with E-state index in [1.807, 2.05) is 44.2 Å². The second-order valence-electron chi connectivity index (χ2n) is 5.56. The summed E-state index contributed by atoms with van der Waals surface area (Å²) in [4.78, 5) is 10.8. The van der Waals surface area contributed by atoms with Gasteiger partial charge in [-0.05, 0) is 31.5 Å². The second-order valence-corrected chi connectivity index (χ2v) is 5.56. The Balaban J connectivity index is 1.86. The predicted molar refractivity (Wildman–Crippen MR) is 86.0 cm³/mol. The topological polar surface area (TPSA) is 76.0 Å². The highest BCUT2D eigenvalue weighted by Gasteiger charge is 2.20. The van der Waals surface area contributed by atoms with Gasteiger partial charge in [0.1, 0.15) is 23.7 Å². The number of hydrogen-bond acceptors (Lipinski definition) is 4. The van der Waals surface area contributed by atoms with Crippen molar-refractivity contribution in [3.05, 3.63) is 59.7 Å². The summed E-state index contributed by atoms with van der Waals surface area (Å²) in [5, 5.41) is 18.5. The molecule has 2 rings (SSSR count). The van der Waals surface area contributed by atoms with E-state index in [1.54, 1.807) is 0 Å². The fraction of sp³-hybridized carbons (Fsp3) is 0.278. The fourth-order valence-electron chi connectivity index (χ4n) is 2.16. The fourth-order valence-corrected chi connectivity index (χ4v) is 2.16. The Morgan fingerprint density at radius 1 is 1.09 bits per heavy atom. The minimum absolute atomic E-state index is 0.154. The number of hydrogen-bond donors (Lipinski definition) is 2. The van der Waals surface area contributed by atoms with Crippen LogP contribution in [0.2, 0.25) is 0 Å². The Labute approximate surface area is 135 Å². The number of aromatic carboxylic acids is 1. The maximum absolute atomic E-state index is 10.8. The Kier molecular flexibility index (Phi) is 5.24. The van der Waals surface area contributed by atoms with Crippen LogP contribution in [-0.4, -0.2) is 29.4 Å². The summed E-state index contributed by atoms with van der Waals surface area (Å²) in [6.45, 7) is 4.62. The average Bonchev–Trinajstić information content (AvgIpc) is 2.52. The molecule has 2 N–H and O–H groups in total. The molecule has 0 aliphatic rings. The summed E-state index contributed by atoms with van der Waals surface area (Å²) in [6.07, 6.45) is 0. The number of aromatic hydroxyl groups is 1. The molecule has 5 heteroatoms. The van der Waals surface area contributed by atoms with Crippen molar-refractivity contribution in [1.82, 2.24) is 0 Å². The van der Waals surface area contributed by atoms with Crippen LogP contribution in [0.1, 0.15) is 29.8 Å². The number of benzene rings is 2. The minimum atomic E-state index is -1.18. The molecule has 2 aromatic carbocycles. The van der Waals surface area contributed by atoms with Crippen LogP contribution < -0.4 is 4.74 Å². The van der Waals surface area contributed by atoms with E-state index in [4.69, 9.17) is 14.6 Å². The van der Waals surface area contributed by atoms with Crippen molar-refractivity contribution in [2.45, 2.75) is 19.4 Å². The normalized spacial score (nSPS) is 11.2. The molecule has 0 fully saturated rings. The Morgan fingerprint density at radius 3 is 2.39 bits per heavy atom. The summed E-state index contributed by atoms with van der Waals surface area (Å²) in [5.41, 5.74) is 0.488. The SMILES string of the molecule is CC(C)(OCCOc1ccc(C(=O)O)c(O)c1)c1ccccc1. The van der Waals surface area contributed by atoms with Crippen LogP contribution in [0, 0.1) is 0 Å². The molecule has 2 aromatic rings. The van der Waals surface area contributed by atoms with Crippen LogP contribution in [0.3, 0.4) is 0 Å². The molecular formula is C18H20O5. The van der Waals surface area contributed by atoms with Crippen molar-refractivity contribution in [3.63, 3.8) is 0 Å². The number of rotatable bonds is 7. The van der Waals surface area contributed by atoms with E-state index < -0.39 is 11.6 Å². The van der Waals surface area contributed by atoms with Crippen LogP contribution in [0.25, 0.3) is 0 Å². The highest BCUT2D eigenvalue weighted by molar-refractivity contribution is 5.90. The molecule has 0 aliphatic heterocycles. The number of carboxylic acids is 1. The summed E-state index contributed by atoms with van der Waals surface area (Å²) in [5.74, 6) is -1.10. The van der Waals surface area contributed by atoms with Gasteiger partial charge in [0.05, 0.1) is 12.2 Å². The molecular weight excluding hydrogens is 296 g/mol. The van der Waals surface area contributed by atoms with Crippen molar-refractivity contribution >= 4 is 5.97 Å². The summed E-state index contributed by atoms with van der Waals surface area (Å²) >= 11 is 0. The third-order valence-electron chi connectivity index (χ3n) is 3.48. The second kappa shape index (κ2) is 7.15. The van der Waals surface area contributed by atoms with E-state index in [1.165, 1.54) is 18.2 Å². The van der Waals surface area contributed by atoms with Gasteiger partial charge >= 0.3 is 5.97 Å². The largest absolute Gasteiger partial charge is 0.507 e. The molecule has 0 saturated carbocycles. The molecule has 0 aromatic heterocycles. The Hall–Kier alpha value is -2.53. The van der Waals surface area contributed by atoms with Crippen molar-refractivity contribution in [1.29, 1.82) is 0 Å². The molecule has 0 spiro atoms. The highest BCUT2D eigenvalue weighted by Crippen LogP contribution is 2.25. The van der Waals surface area contributed by atoms with Gasteiger partial charge in [0, 0.05) is 6.07 Å². The third-order valence-corrected chi connectivity index (χ3v) is 3.48. The first-order valence-corrected chi connectivity index (χ1v) is 7.29. The molecule has 0 heterocycles. The lowest BCUT2D eigenvalue weighted by atomic mass is 9.98. The monoisotopic (exact) mass is 316 g/mol. The molecule has 5 nitrogen and oxygen atoms in total. The quantitative estimate of drug-likeness (QED) is 0.765. The summed E-state index contributed by atoms with van der Waals surface area (Å²) in [6, 6.07) is 14.0. The average molecular weight is 316 g/mol. The van der Waals surface area contributed by atoms with Crippen LogP contribution in [0.4, 0.5) is 0 Å². The van der Waals surface area contributed by atoms with E-state index in [9.17, 15) is 9.90 Å². The van der Waals surface area contributed by atoms with Gasteiger partial charge < -0.3 is 19.7 Å². The minimum Gasteiger partial charge on any atom is -0.507 e. The zero-order chi connectivity index (χ0) is 16.9. The van der Waals surface area contributed by atoms with E-state index in [0.717, 1.165) is 5.56 Å². The van der Waals surface area contributed by atoms with Gasteiger partial charge in [0.15, 0.2) is 0 Å². The van der Waals surface area contributed by atoms with E-state index in [2.05, 4.69) is 0 Å². The van der Waals surface area contributed by atoms with Crippen LogP contribution in [0.5, 0.6) is 11.5 Å². The first-order valence-electron chi connectivity index (χ1n) is 7.29. The van der Waals surface area contributed by atoms with Crippen LogP contribution in [-0.2, 0) is 10.3 Å². The maximum atomic E-state index is 10.8. The van der Waals surface area contributed by atoms with Crippen LogP contribution >= 0.6 is 0 Å². The number of carboxylic acid groups (broad SMARTS) is 1. The first-order chi connectivity index (χ1) is 10.9. The van der Waals surface area contributed by atoms with E-state index >= 15 is 0 Å². The molecule has 0 aliphatic carbocycles. The summed E-state index contributed by atoms with van der Waals surface area (Å²) < 4.78 is 11.3. The van der Waals surface area contributed by atoms with Crippen molar-refractivity contribution in [2.75, 3.05) is 13.2 Å². The predicted octanol–water partition coefficient (Wildman–Crippen LogP) is 3.42. The van der Waals surface area contributed by atoms with Gasteiger partial charge in [0.25, 0.3) is 0 Å². The Morgan fingerprint density at radius 2 is 1.78 bits per heavy atom. The van der Waals surface area contributed by atoms with Gasteiger partial charge in [-0.25, -0.2) is 4.79 Å². The molecule has 0 amide bonds. The molecule has 122 valence electrons. The molecule has 0 unspecified atom stereocenters. The van der Waals surface area contributed by atoms with Crippen molar-refractivity contribution in [3.8, 4) is 11.5 Å². The number of carbonyl (C=O) groups is 1.